The Bertz CT molecular complexity index is 33.2. The molecule has 0 unspecified atom stereocenters. The molecule has 0 saturated heterocycles. The van der Waals surface area contributed by atoms with Gasteiger partial charge in [-0.1, -0.05) is 13.0 Å². The maximum Gasteiger partial charge on any atom is 0.00276 e. The summed E-state index contributed by atoms with van der Waals surface area (Å²) in [7, 11) is 1.90. The summed E-state index contributed by atoms with van der Waals surface area (Å²) in [5, 5.41) is 2.89. The Balaban J connectivity index is 2.73. The molecule has 0 saturated carbocycles. The van der Waals surface area contributed by atoms with Gasteiger partial charge < -0.3 is 5.32 Å². The Morgan fingerprint density at radius 1 is 1.67 bits per heavy atom. The van der Waals surface area contributed by atoms with E-state index in [9.17, 15) is 0 Å². The van der Waals surface area contributed by atoms with Crippen molar-refractivity contribution in [1.82, 2.24) is 5.32 Å². The molecule has 0 fully saturated rings. The van der Waals surface area contributed by atoms with Gasteiger partial charge in [0.15, 0.2) is 0 Å². The van der Waals surface area contributed by atoms with E-state index in [2.05, 4.69) is 18.3 Å². The van der Waals surface area contributed by atoms with Crippen molar-refractivity contribution < 1.29 is 0 Å². The minimum atomic E-state index is 1.11. The molecule has 0 rings (SSSR count). The van der Waals surface area contributed by atoms with Crippen LogP contribution in [0, 0.1) is 0 Å². The lowest BCUT2D eigenvalue weighted by Crippen LogP contribution is -1.89. The Morgan fingerprint density at radius 3 is 2.50 bits per heavy atom. The number of hydrogen-bond acceptors (Lipinski definition) is 1. The Kier molecular flexibility index (Phi) is 4.19. The molecule has 0 aromatic heterocycles. The number of allylic oxidation sites excluding steroid dienone is 1. The lowest BCUT2D eigenvalue weighted by molar-refractivity contribution is 1.07. The Hall–Kier alpha value is -0.460. The first-order valence-corrected chi connectivity index (χ1v) is 2.24. The van der Waals surface area contributed by atoms with Crippen LogP contribution in [0.4, 0.5) is 0 Å². The van der Waals surface area contributed by atoms with Gasteiger partial charge in [0.1, 0.15) is 0 Å². The van der Waals surface area contributed by atoms with Gasteiger partial charge in [0.05, 0.1) is 0 Å². The van der Waals surface area contributed by atoms with E-state index in [-0.39, 0.29) is 0 Å². The van der Waals surface area contributed by atoms with E-state index >= 15 is 0 Å². The van der Waals surface area contributed by atoms with Crippen molar-refractivity contribution in [2.75, 3.05) is 7.05 Å². The summed E-state index contributed by atoms with van der Waals surface area (Å²) in [6, 6.07) is 0. The highest BCUT2D eigenvalue weighted by Crippen LogP contribution is 1.72. The van der Waals surface area contributed by atoms with Crippen LogP contribution in [-0.2, 0) is 0 Å². The topological polar surface area (TPSA) is 12.0 Å². The first-order valence-electron chi connectivity index (χ1n) is 2.24. The summed E-state index contributed by atoms with van der Waals surface area (Å²) in [6.45, 7) is 2.10. The zero-order valence-corrected chi connectivity index (χ0v) is 4.36. The molecule has 0 aliphatic carbocycles. The molecule has 1 nitrogen and oxygen atoms in total. The number of nitrogens with one attached hydrogen (secondary N) is 1. The molecule has 0 spiro atoms. The smallest absolute Gasteiger partial charge is 0.00276 e. The van der Waals surface area contributed by atoms with Gasteiger partial charge in [-0.05, 0) is 12.6 Å². The third-order valence-electron chi connectivity index (χ3n) is 0.520. The zero-order chi connectivity index (χ0) is 4.83. The van der Waals surface area contributed by atoms with Gasteiger partial charge in [-0.25, -0.2) is 0 Å². The molecule has 0 aliphatic heterocycles. The van der Waals surface area contributed by atoms with E-state index in [0.29, 0.717) is 0 Å². The fourth-order valence-electron chi connectivity index (χ4n) is 0.236. The van der Waals surface area contributed by atoms with E-state index < -0.39 is 0 Å². The van der Waals surface area contributed by atoms with Crippen LogP contribution in [-0.4, -0.2) is 7.05 Å². The van der Waals surface area contributed by atoms with Crippen LogP contribution in [0.15, 0.2) is 12.3 Å². The monoisotopic (exact) mass is 85.1 g/mol. The van der Waals surface area contributed by atoms with Crippen molar-refractivity contribution in [1.29, 1.82) is 0 Å². The second-order valence-electron chi connectivity index (χ2n) is 1.10. The summed E-state index contributed by atoms with van der Waals surface area (Å²) in [6.07, 6.45) is 5.11. The number of hydrogen-bond donors (Lipinski definition) is 1. The third kappa shape index (κ3) is 3.54. The molecule has 36 valence electrons. The van der Waals surface area contributed by atoms with Crippen LogP contribution in [0.1, 0.15) is 13.3 Å². The van der Waals surface area contributed by atoms with Crippen LogP contribution >= 0.6 is 0 Å². The average molecular weight is 85.1 g/mol. The molecule has 0 aromatic carbocycles. The van der Waals surface area contributed by atoms with Gasteiger partial charge in [0, 0.05) is 7.05 Å². The van der Waals surface area contributed by atoms with E-state index in [1.54, 1.807) is 0 Å². The van der Waals surface area contributed by atoms with Gasteiger partial charge in [-0.15, -0.1) is 0 Å². The molecule has 0 radical (unpaired) electrons. The first-order chi connectivity index (χ1) is 2.91. The molecule has 0 aromatic rings. The largest absolute Gasteiger partial charge is 0.394 e. The van der Waals surface area contributed by atoms with Crippen molar-refractivity contribution in [2.24, 2.45) is 0 Å². The average Bonchev–Trinajstić information content (AvgIpc) is 1.61. The summed E-state index contributed by atoms with van der Waals surface area (Å²) < 4.78 is 0. The zero-order valence-electron chi connectivity index (χ0n) is 4.36. The van der Waals surface area contributed by atoms with Crippen molar-refractivity contribution in [2.45, 2.75) is 13.3 Å². The summed E-state index contributed by atoms with van der Waals surface area (Å²) in [5.41, 5.74) is 0. The maximum absolute atomic E-state index is 2.89. The van der Waals surface area contributed by atoms with Gasteiger partial charge in [0.2, 0.25) is 0 Å². The highest BCUT2D eigenvalue weighted by molar-refractivity contribution is 4.74. The quantitative estimate of drug-likeness (QED) is 0.530. The van der Waals surface area contributed by atoms with Gasteiger partial charge in [-0.2, -0.15) is 0 Å². The van der Waals surface area contributed by atoms with E-state index in [0.717, 1.165) is 6.42 Å². The molecule has 0 amide bonds. The fourth-order valence-corrected chi connectivity index (χ4v) is 0.236. The molecule has 1 N–H and O–H groups in total. The van der Waals surface area contributed by atoms with Crippen LogP contribution in [0.5, 0.6) is 0 Å². The molecule has 0 bridgehead atoms. The summed E-state index contributed by atoms with van der Waals surface area (Å²) in [4.78, 5) is 0. The molecule has 0 heterocycles. The Morgan fingerprint density at radius 2 is 2.33 bits per heavy atom. The second-order valence-corrected chi connectivity index (χ2v) is 1.10. The van der Waals surface area contributed by atoms with Crippen molar-refractivity contribution in [3.05, 3.63) is 12.3 Å². The van der Waals surface area contributed by atoms with Crippen LogP contribution in [0.3, 0.4) is 0 Å². The molecular weight excluding hydrogens is 74.1 g/mol. The van der Waals surface area contributed by atoms with Crippen molar-refractivity contribution in [3.8, 4) is 0 Å². The lowest BCUT2D eigenvalue weighted by atomic mass is 10.5. The fraction of sp³-hybridized carbons (Fsp3) is 0.600. The normalized spacial score (nSPS) is 9.67. The SMILES string of the molecule is CCC=CNC. The van der Waals surface area contributed by atoms with Crippen molar-refractivity contribution >= 4 is 0 Å². The molecule has 0 aliphatic rings. The molecule has 0 atom stereocenters. The van der Waals surface area contributed by atoms with E-state index in [4.69, 9.17) is 0 Å². The van der Waals surface area contributed by atoms with Gasteiger partial charge in [-0.3, -0.25) is 0 Å². The standard InChI is InChI=1S/C5H11N/c1-3-4-5-6-2/h4-6H,3H2,1-2H3. The second kappa shape index (κ2) is 4.54. The number of rotatable bonds is 2. The van der Waals surface area contributed by atoms with E-state index in [1.807, 2.05) is 13.2 Å². The van der Waals surface area contributed by atoms with Gasteiger partial charge in [0.25, 0.3) is 0 Å². The Labute approximate surface area is 39.1 Å². The lowest BCUT2D eigenvalue weighted by Gasteiger charge is -1.79. The van der Waals surface area contributed by atoms with Crippen LogP contribution in [0.25, 0.3) is 0 Å². The molecule has 6 heavy (non-hydrogen) atoms. The molecule has 1 heteroatoms. The van der Waals surface area contributed by atoms with Crippen molar-refractivity contribution in [3.63, 3.8) is 0 Å². The van der Waals surface area contributed by atoms with Gasteiger partial charge >= 0.3 is 0 Å². The maximum atomic E-state index is 2.89. The first kappa shape index (κ1) is 5.54. The van der Waals surface area contributed by atoms with Crippen LogP contribution < -0.4 is 5.32 Å². The predicted molar refractivity (Wildman–Crippen MR) is 28.5 cm³/mol. The predicted octanol–water partition coefficient (Wildman–Crippen LogP) is 1.13. The summed E-state index contributed by atoms with van der Waals surface area (Å²) >= 11 is 0. The van der Waals surface area contributed by atoms with E-state index in [1.165, 1.54) is 0 Å². The minimum absolute atomic E-state index is 1.11. The molecular formula is C5H11N. The third-order valence-corrected chi connectivity index (χ3v) is 0.520. The summed E-state index contributed by atoms with van der Waals surface area (Å²) in [5.74, 6) is 0. The minimum Gasteiger partial charge on any atom is -0.394 e. The van der Waals surface area contributed by atoms with Crippen LogP contribution in [0.2, 0.25) is 0 Å². The highest BCUT2D eigenvalue weighted by atomic mass is 14.8. The highest BCUT2D eigenvalue weighted by Gasteiger charge is 1.57.